The smallest absolute Gasteiger partial charge is 0.145 e. The second kappa shape index (κ2) is 11.7. The van der Waals surface area contributed by atoms with E-state index in [1.165, 1.54) is 32.7 Å². The molecule has 0 aliphatic heterocycles. The number of fused-ring (bicyclic) bond motifs is 4. The van der Waals surface area contributed by atoms with Crippen LogP contribution in [0.3, 0.4) is 0 Å². The van der Waals surface area contributed by atoms with Crippen LogP contribution in [0.2, 0.25) is 0 Å². The van der Waals surface area contributed by atoms with Gasteiger partial charge < -0.3 is 4.90 Å². The molecule has 0 atom stereocenters. The largest absolute Gasteiger partial charge is 0.310 e. The van der Waals surface area contributed by atoms with E-state index in [1.54, 1.807) is 0 Å². The van der Waals surface area contributed by atoms with Crippen LogP contribution in [-0.4, -0.2) is 9.55 Å². The molecule has 0 N–H and O–H groups in total. The minimum absolute atomic E-state index is 0.911. The fourth-order valence-electron chi connectivity index (χ4n) is 6.84. The van der Waals surface area contributed by atoms with Gasteiger partial charge in [0.1, 0.15) is 5.82 Å². The summed E-state index contributed by atoms with van der Waals surface area (Å²) in [5, 5.41) is 4.88. The molecule has 9 aromatic rings. The summed E-state index contributed by atoms with van der Waals surface area (Å²) in [7, 11) is 0. The van der Waals surface area contributed by atoms with Crippen molar-refractivity contribution in [3.63, 3.8) is 0 Å². The molecule has 0 amide bonds. The lowest BCUT2D eigenvalue weighted by Gasteiger charge is -2.26. The molecular weight excluding hydrogens is 583 g/mol. The van der Waals surface area contributed by atoms with Crippen LogP contribution in [0.25, 0.3) is 60.8 Å². The Hall–Kier alpha value is -6.45. The topological polar surface area (TPSA) is 21.1 Å². The van der Waals surface area contributed by atoms with Crippen molar-refractivity contribution in [1.82, 2.24) is 9.55 Å². The predicted molar refractivity (Wildman–Crippen MR) is 202 cm³/mol. The Bertz CT molecular complexity index is 2550. The first kappa shape index (κ1) is 27.8. The van der Waals surface area contributed by atoms with Crippen molar-refractivity contribution in [2.45, 2.75) is 0 Å². The summed E-state index contributed by atoms with van der Waals surface area (Å²) in [6.45, 7) is 0. The van der Waals surface area contributed by atoms with Crippen LogP contribution in [0.1, 0.15) is 0 Å². The minimum Gasteiger partial charge on any atom is -0.310 e. The zero-order valence-electron chi connectivity index (χ0n) is 26.2. The van der Waals surface area contributed by atoms with Gasteiger partial charge in [-0.15, -0.1) is 0 Å². The van der Waals surface area contributed by atoms with E-state index in [1.807, 2.05) is 0 Å². The van der Waals surface area contributed by atoms with Crippen LogP contribution in [0.15, 0.2) is 188 Å². The summed E-state index contributed by atoms with van der Waals surface area (Å²) < 4.78 is 2.31. The highest BCUT2D eigenvalue weighted by Gasteiger charge is 2.19. The fourth-order valence-corrected chi connectivity index (χ4v) is 6.84. The Morgan fingerprint density at radius 2 is 1.02 bits per heavy atom. The molecule has 1 aromatic heterocycles. The highest BCUT2D eigenvalue weighted by atomic mass is 15.1. The van der Waals surface area contributed by atoms with Gasteiger partial charge in [0.05, 0.1) is 11.0 Å². The molecule has 0 radical (unpaired) electrons. The third-order valence-electron chi connectivity index (χ3n) is 9.14. The van der Waals surface area contributed by atoms with E-state index < -0.39 is 0 Å². The normalized spacial score (nSPS) is 11.3. The van der Waals surface area contributed by atoms with Gasteiger partial charge in [0, 0.05) is 33.7 Å². The molecule has 9 rings (SSSR count). The number of hydrogen-bond donors (Lipinski definition) is 0. The van der Waals surface area contributed by atoms with Crippen molar-refractivity contribution in [1.29, 1.82) is 0 Å². The summed E-state index contributed by atoms with van der Waals surface area (Å²) in [5.41, 5.74) is 9.86. The van der Waals surface area contributed by atoms with E-state index >= 15 is 0 Å². The molecule has 0 saturated heterocycles. The first-order valence-corrected chi connectivity index (χ1v) is 16.3. The maximum absolute atomic E-state index is 5.27. The first-order chi connectivity index (χ1) is 23.8. The second-order valence-corrected chi connectivity index (χ2v) is 12.1. The summed E-state index contributed by atoms with van der Waals surface area (Å²) in [5.74, 6) is 0.911. The van der Waals surface area contributed by atoms with Gasteiger partial charge in [-0.1, -0.05) is 127 Å². The first-order valence-electron chi connectivity index (χ1n) is 16.3. The Kier molecular flexibility index (Phi) is 6.80. The SMILES string of the molecule is c1ccc(N(c2ccc(-c3ccc4ccccc4c3)cc2)c2cccc(-c3nc4ccc5ccccc5c4n3-c3ccccc3)c2)cc1. The molecule has 0 aliphatic carbocycles. The van der Waals surface area contributed by atoms with Crippen LogP contribution < -0.4 is 4.90 Å². The van der Waals surface area contributed by atoms with E-state index in [4.69, 9.17) is 4.98 Å². The lowest BCUT2D eigenvalue weighted by Crippen LogP contribution is -2.10. The molecule has 0 bridgehead atoms. The number of benzene rings is 8. The highest BCUT2D eigenvalue weighted by molar-refractivity contribution is 6.06. The second-order valence-electron chi connectivity index (χ2n) is 12.1. The van der Waals surface area contributed by atoms with Gasteiger partial charge in [-0.25, -0.2) is 4.98 Å². The van der Waals surface area contributed by atoms with Gasteiger partial charge in [0.15, 0.2) is 0 Å². The molecule has 226 valence electrons. The number of imidazole rings is 1. The maximum Gasteiger partial charge on any atom is 0.145 e. The van der Waals surface area contributed by atoms with Gasteiger partial charge in [-0.05, 0) is 87.9 Å². The number of anilines is 3. The lowest BCUT2D eigenvalue weighted by atomic mass is 10.0. The predicted octanol–water partition coefficient (Wildman–Crippen LogP) is 12.1. The maximum atomic E-state index is 5.27. The summed E-state index contributed by atoms with van der Waals surface area (Å²) in [6.07, 6.45) is 0. The van der Waals surface area contributed by atoms with E-state index in [-0.39, 0.29) is 0 Å². The molecule has 0 spiro atoms. The van der Waals surface area contributed by atoms with Crippen LogP contribution in [0, 0.1) is 0 Å². The lowest BCUT2D eigenvalue weighted by molar-refractivity contribution is 1.10. The molecule has 8 aromatic carbocycles. The average molecular weight is 614 g/mol. The van der Waals surface area contributed by atoms with E-state index in [9.17, 15) is 0 Å². The van der Waals surface area contributed by atoms with Gasteiger partial charge in [0.2, 0.25) is 0 Å². The summed E-state index contributed by atoms with van der Waals surface area (Å²) in [6, 6.07) is 66.8. The van der Waals surface area contributed by atoms with Crippen molar-refractivity contribution < 1.29 is 0 Å². The third-order valence-corrected chi connectivity index (χ3v) is 9.14. The molecule has 0 unspecified atom stereocenters. The molecular formula is C45H31N3. The van der Waals surface area contributed by atoms with Crippen molar-refractivity contribution >= 4 is 49.6 Å². The molecule has 0 saturated carbocycles. The Balaban J connectivity index is 1.18. The van der Waals surface area contributed by atoms with Crippen molar-refractivity contribution in [2.24, 2.45) is 0 Å². The van der Waals surface area contributed by atoms with Crippen molar-refractivity contribution in [3.05, 3.63) is 188 Å². The van der Waals surface area contributed by atoms with Gasteiger partial charge in [0.25, 0.3) is 0 Å². The molecule has 0 fully saturated rings. The highest BCUT2D eigenvalue weighted by Crippen LogP contribution is 2.39. The molecule has 1 heterocycles. The van der Waals surface area contributed by atoms with Crippen LogP contribution in [0.4, 0.5) is 17.1 Å². The molecule has 48 heavy (non-hydrogen) atoms. The number of nitrogens with zero attached hydrogens (tertiary/aromatic N) is 3. The molecule has 3 nitrogen and oxygen atoms in total. The summed E-state index contributed by atoms with van der Waals surface area (Å²) >= 11 is 0. The quantitative estimate of drug-likeness (QED) is 0.186. The van der Waals surface area contributed by atoms with Crippen molar-refractivity contribution in [3.8, 4) is 28.2 Å². The molecule has 3 heteroatoms. The summed E-state index contributed by atoms with van der Waals surface area (Å²) in [4.78, 5) is 7.58. The standard InChI is InChI=1S/C45H31N3/c1-3-16-38(17-4-1)47(40-27-24-33(25-28-40)36-23-22-32-12-7-8-14-35(32)30-36)41-20-11-15-37(31-41)45-46-43-29-26-34-13-9-10-21-42(34)44(43)48(45)39-18-5-2-6-19-39/h1-31H. The van der Waals surface area contributed by atoms with Crippen LogP contribution >= 0.6 is 0 Å². The fraction of sp³-hybridized carbons (Fsp3) is 0. The van der Waals surface area contributed by atoms with Crippen LogP contribution in [-0.2, 0) is 0 Å². The number of aromatic nitrogens is 2. The van der Waals surface area contributed by atoms with Crippen molar-refractivity contribution in [2.75, 3.05) is 4.90 Å². The Labute approximate surface area is 279 Å². The van der Waals surface area contributed by atoms with E-state index in [0.717, 1.165) is 45.2 Å². The zero-order valence-corrected chi connectivity index (χ0v) is 26.2. The van der Waals surface area contributed by atoms with Gasteiger partial charge in [-0.3, -0.25) is 4.57 Å². The third kappa shape index (κ3) is 4.90. The zero-order chi connectivity index (χ0) is 31.9. The van der Waals surface area contributed by atoms with E-state index in [2.05, 4.69) is 198 Å². The number of hydrogen-bond acceptors (Lipinski definition) is 2. The Morgan fingerprint density at radius 3 is 1.83 bits per heavy atom. The number of rotatable bonds is 6. The Morgan fingerprint density at radius 1 is 0.396 bits per heavy atom. The average Bonchev–Trinajstić information content (AvgIpc) is 3.57. The van der Waals surface area contributed by atoms with Crippen LogP contribution in [0.5, 0.6) is 0 Å². The molecule has 0 aliphatic rings. The van der Waals surface area contributed by atoms with Gasteiger partial charge in [-0.2, -0.15) is 0 Å². The van der Waals surface area contributed by atoms with E-state index in [0.29, 0.717) is 0 Å². The van der Waals surface area contributed by atoms with Gasteiger partial charge >= 0.3 is 0 Å². The number of para-hydroxylation sites is 2. The monoisotopic (exact) mass is 613 g/mol. The minimum atomic E-state index is 0.911.